The maximum Gasteiger partial charge on any atom is 0.0661 e. The first-order chi connectivity index (χ1) is 7.69. The van der Waals surface area contributed by atoms with Crippen molar-refractivity contribution in [3.05, 3.63) is 0 Å². The summed E-state index contributed by atoms with van der Waals surface area (Å²) in [7, 11) is 0. The summed E-state index contributed by atoms with van der Waals surface area (Å²) in [5.41, 5.74) is 0.505. The third-order valence-electron chi connectivity index (χ3n) is 4.40. The Bertz CT molecular complexity index is 221. The molecule has 0 amide bonds. The quantitative estimate of drug-likeness (QED) is 0.776. The van der Waals surface area contributed by atoms with Gasteiger partial charge < -0.3 is 10.1 Å². The van der Waals surface area contributed by atoms with Crippen LogP contribution in [0, 0.1) is 11.3 Å². The van der Waals surface area contributed by atoms with Gasteiger partial charge in [0.2, 0.25) is 0 Å². The Hall–Kier alpha value is -0.0800. The van der Waals surface area contributed by atoms with Crippen LogP contribution in [0.2, 0.25) is 0 Å². The molecule has 0 heterocycles. The minimum Gasteiger partial charge on any atom is -0.377 e. The van der Waals surface area contributed by atoms with Crippen LogP contribution in [-0.2, 0) is 4.74 Å². The zero-order chi connectivity index (χ0) is 11.6. The maximum absolute atomic E-state index is 6.11. The fraction of sp³-hybridized carbons (Fsp3) is 1.00. The largest absolute Gasteiger partial charge is 0.377 e. The number of hydrogen-bond acceptors (Lipinski definition) is 2. The molecule has 1 spiro atoms. The zero-order valence-corrected chi connectivity index (χ0v) is 11.1. The standard InChI is InChI=1S/C14H27NO/c1-4-15-12-9-13(16-10-11(2)3)14(12)7-5-6-8-14/h11-13,15H,4-10H2,1-3H3. The van der Waals surface area contributed by atoms with Gasteiger partial charge in [0.05, 0.1) is 6.10 Å². The van der Waals surface area contributed by atoms with Gasteiger partial charge in [-0.15, -0.1) is 0 Å². The number of nitrogens with one attached hydrogen (secondary N) is 1. The molecule has 2 rings (SSSR count). The second kappa shape index (κ2) is 5.05. The van der Waals surface area contributed by atoms with Crippen LogP contribution >= 0.6 is 0 Å². The molecule has 16 heavy (non-hydrogen) atoms. The van der Waals surface area contributed by atoms with E-state index in [0.29, 0.717) is 17.4 Å². The highest BCUT2D eigenvalue weighted by Gasteiger charge is 2.56. The molecule has 2 atom stereocenters. The molecular formula is C14H27NO. The smallest absolute Gasteiger partial charge is 0.0661 e. The Morgan fingerprint density at radius 1 is 1.31 bits per heavy atom. The van der Waals surface area contributed by atoms with Crippen LogP contribution in [0.1, 0.15) is 52.9 Å². The second-order valence-corrected chi connectivity index (χ2v) is 6.00. The fourth-order valence-corrected chi connectivity index (χ4v) is 3.53. The summed E-state index contributed by atoms with van der Waals surface area (Å²) >= 11 is 0. The summed E-state index contributed by atoms with van der Waals surface area (Å²) < 4.78 is 6.11. The first-order valence-electron chi connectivity index (χ1n) is 7.04. The molecule has 0 aliphatic heterocycles. The fourth-order valence-electron chi connectivity index (χ4n) is 3.53. The minimum absolute atomic E-state index is 0.505. The molecule has 2 unspecified atom stereocenters. The van der Waals surface area contributed by atoms with Crippen LogP contribution < -0.4 is 5.32 Å². The highest BCUT2D eigenvalue weighted by atomic mass is 16.5. The number of hydrogen-bond donors (Lipinski definition) is 1. The van der Waals surface area contributed by atoms with Crippen molar-refractivity contribution in [2.24, 2.45) is 11.3 Å². The average Bonchev–Trinajstić information content (AvgIpc) is 2.73. The predicted molar refractivity (Wildman–Crippen MR) is 67.6 cm³/mol. The van der Waals surface area contributed by atoms with Crippen molar-refractivity contribution >= 4 is 0 Å². The van der Waals surface area contributed by atoms with Gasteiger partial charge in [0.25, 0.3) is 0 Å². The van der Waals surface area contributed by atoms with Crippen molar-refractivity contribution in [3.63, 3.8) is 0 Å². The van der Waals surface area contributed by atoms with Crippen molar-refractivity contribution in [1.29, 1.82) is 0 Å². The van der Waals surface area contributed by atoms with Crippen molar-refractivity contribution in [1.82, 2.24) is 5.32 Å². The highest BCUT2D eigenvalue weighted by molar-refractivity contribution is 5.09. The van der Waals surface area contributed by atoms with Gasteiger partial charge in [-0.25, -0.2) is 0 Å². The molecule has 0 aromatic heterocycles. The number of ether oxygens (including phenoxy) is 1. The summed E-state index contributed by atoms with van der Waals surface area (Å²) in [4.78, 5) is 0. The van der Waals surface area contributed by atoms with E-state index in [4.69, 9.17) is 4.74 Å². The normalized spacial score (nSPS) is 32.2. The van der Waals surface area contributed by atoms with Gasteiger partial charge >= 0.3 is 0 Å². The molecule has 2 saturated carbocycles. The van der Waals surface area contributed by atoms with Crippen molar-refractivity contribution in [3.8, 4) is 0 Å². The van der Waals surface area contributed by atoms with Crippen LogP contribution in [0.3, 0.4) is 0 Å². The van der Waals surface area contributed by atoms with E-state index < -0.39 is 0 Å². The van der Waals surface area contributed by atoms with E-state index in [-0.39, 0.29) is 0 Å². The Kier molecular flexibility index (Phi) is 3.91. The third kappa shape index (κ3) is 2.14. The zero-order valence-electron chi connectivity index (χ0n) is 11.1. The molecule has 1 N–H and O–H groups in total. The molecule has 2 nitrogen and oxygen atoms in total. The third-order valence-corrected chi connectivity index (χ3v) is 4.40. The Morgan fingerprint density at radius 2 is 2.00 bits per heavy atom. The summed E-state index contributed by atoms with van der Waals surface area (Å²) in [5.74, 6) is 0.664. The van der Waals surface area contributed by atoms with Crippen LogP contribution in [-0.4, -0.2) is 25.3 Å². The summed E-state index contributed by atoms with van der Waals surface area (Å²) in [6.45, 7) is 8.73. The maximum atomic E-state index is 6.11. The summed E-state index contributed by atoms with van der Waals surface area (Å²) in [5, 5.41) is 3.65. The summed E-state index contributed by atoms with van der Waals surface area (Å²) in [6, 6.07) is 0.733. The van der Waals surface area contributed by atoms with Crippen molar-refractivity contribution in [2.45, 2.75) is 65.0 Å². The molecule has 0 aromatic carbocycles. The molecule has 0 radical (unpaired) electrons. The molecule has 0 aromatic rings. The minimum atomic E-state index is 0.505. The number of rotatable bonds is 5. The van der Waals surface area contributed by atoms with E-state index in [9.17, 15) is 0 Å². The lowest BCUT2D eigenvalue weighted by Crippen LogP contribution is -2.62. The second-order valence-electron chi connectivity index (χ2n) is 6.00. The topological polar surface area (TPSA) is 21.3 Å². The molecule has 2 fully saturated rings. The van der Waals surface area contributed by atoms with Crippen LogP contribution in [0.15, 0.2) is 0 Å². The van der Waals surface area contributed by atoms with Crippen LogP contribution in [0.5, 0.6) is 0 Å². The first kappa shape index (κ1) is 12.4. The van der Waals surface area contributed by atoms with Gasteiger partial charge in [-0.2, -0.15) is 0 Å². The molecule has 0 bridgehead atoms. The van der Waals surface area contributed by atoms with Gasteiger partial charge in [-0.1, -0.05) is 33.6 Å². The predicted octanol–water partition coefficient (Wildman–Crippen LogP) is 2.97. The van der Waals surface area contributed by atoms with Crippen molar-refractivity contribution in [2.75, 3.05) is 13.2 Å². The van der Waals surface area contributed by atoms with E-state index in [0.717, 1.165) is 19.2 Å². The highest BCUT2D eigenvalue weighted by Crippen LogP contribution is 2.54. The van der Waals surface area contributed by atoms with Gasteiger partial charge in [0.15, 0.2) is 0 Å². The van der Waals surface area contributed by atoms with Crippen LogP contribution in [0.4, 0.5) is 0 Å². The Morgan fingerprint density at radius 3 is 2.56 bits per heavy atom. The molecule has 94 valence electrons. The summed E-state index contributed by atoms with van der Waals surface area (Å²) in [6.07, 6.45) is 7.36. The first-order valence-corrected chi connectivity index (χ1v) is 7.04. The molecule has 2 heteroatoms. The van der Waals surface area contributed by atoms with Gasteiger partial charge in [0.1, 0.15) is 0 Å². The van der Waals surface area contributed by atoms with E-state index in [1.807, 2.05) is 0 Å². The molecule has 0 saturated heterocycles. The lowest BCUT2D eigenvalue weighted by Gasteiger charge is -2.54. The molecular weight excluding hydrogens is 198 g/mol. The van der Waals surface area contributed by atoms with Crippen LogP contribution in [0.25, 0.3) is 0 Å². The van der Waals surface area contributed by atoms with Gasteiger partial charge in [0, 0.05) is 18.1 Å². The molecule has 2 aliphatic carbocycles. The van der Waals surface area contributed by atoms with E-state index in [1.165, 1.54) is 32.1 Å². The molecule has 2 aliphatic rings. The average molecular weight is 225 g/mol. The lowest BCUT2D eigenvalue weighted by atomic mass is 9.60. The van der Waals surface area contributed by atoms with E-state index >= 15 is 0 Å². The van der Waals surface area contributed by atoms with E-state index in [1.54, 1.807) is 0 Å². The van der Waals surface area contributed by atoms with Gasteiger partial charge in [-0.3, -0.25) is 0 Å². The SMILES string of the molecule is CCNC1CC(OCC(C)C)C12CCCC2. The van der Waals surface area contributed by atoms with Crippen molar-refractivity contribution < 1.29 is 4.74 Å². The monoisotopic (exact) mass is 225 g/mol. The van der Waals surface area contributed by atoms with Gasteiger partial charge in [-0.05, 0) is 31.7 Å². The Balaban J connectivity index is 1.90. The lowest BCUT2D eigenvalue weighted by molar-refractivity contribution is -0.138. The van der Waals surface area contributed by atoms with E-state index in [2.05, 4.69) is 26.1 Å². The Labute approximate surface area is 100 Å².